The van der Waals surface area contributed by atoms with Crippen LogP contribution in [0, 0.1) is 5.92 Å². The lowest BCUT2D eigenvalue weighted by atomic mass is 9.79. The molecular weight excluding hydrogens is 348 g/mol. The topological polar surface area (TPSA) is 46.5 Å². The number of unbranched alkanes of at least 4 members (excludes halogenated alkanes) is 5. The number of carbonyl (C=O) groups is 1. The van der Waals surface area contributed by atoms with Crippen LogP contribution in [0.25, 0.3) is 0 Å². The monoisotopic (exact) mass is 390 g/mol. The van der Waals surface area contributed by atoms with Crippen LogP contribution < -0.4 is 4.74 Å². The van der Waals surface area contributed by atoms with Gasteiger partial charge in [-0.25, -0.2) is 0 Å². The summed E-state index contributed by atoms with van der Waals surface area (Å²) in [5, 5.41) is 10.8. The third-order valence-corrected chi connectivity index (χ3v) is 5.31. The van der Waals surface area contributed by atoms with Crippen molar-refractivity contribution in [1.82, 2.24) is 0 Å². The molecule has 1 aromatic carbocycles. The predicted molar refractivity (Wildman–Crippen MR) is 118 cm³/mol. The number of aromatic hydroxyl groups is 1. The van der Waals surface area contributed by atoms with Gasteiger partial charge in [0.25, 0.3) is 0 Å². The molecule has 0 spiro atoms. The van der Waals surface area contributed by atoms with E-state index < -0.39 is 0 Å². The van der Waals surface area contributed by atoms with Gasteiger partial charge in [0.15, 0.2) is 0 Å². The lowest BCUT2D eigenvalue weighted by molar-refractivity contribution is -0.138. The highest BCUT2D eigenvalue weighted by Gasteiger charge is 2.28. The standard InChI is InChI=1S/C25H42O3/c1-9-10-11-12-13-14-15-18(2)23(27)28-19-16-20(24(3,4)5)22(26)21(17-19)25(6,7)8/h16-18,26H,9-15H2,1-8H3. The second-order valence-electron chi connectivity index (χ2n) is 10.2. The summed E-state index contributed by atoms with van der Waals surface area (Å²) in [6.07, 6.45) is 8.19. The highest BCUT2D eigenvalue weighted by atomic mass is 16.5. The summed E-state index contributed by atoms with van der Waals surface area (Å²) in [7, 11) is 0. The predicted octanol–water partition coefficient (Wildman–Crippen LogP) is 7.28. The van der Waals surface area contributed by atoms with Crippen LogP contribution in [-0.2, 0) is 15.6 Å². The molecule has 28 heavy (non-hydrogen) atoms. The minimum absolute atomic E-state index is 0.115. The molecule has 160 valence electrons. The van der Waals surface area contributed by atoms with Gasteiger partial charge in [-0.1, -0.05) is 93.9 Å². The van der Waals surface area contributed by atoms with E-state index in [1.54, 1.807) is 0 Å². The van der Waals surface area contributed by atoms with Crippen LogP contribution in [0.15, 0.2) is 12.1 Å². The highest BCUT2D eigenvalue weighted by Crippen LogP contribution is 2.41. The van der Waals surface area contributed by atoms with Crippen LogP contribution in [0.4, 0.5) is 0 Å². The number of esters is 1. The maximum Gasteiger partial charge on any atom is 0.314 e. The molecule has 1 N–H and O–H groups in total. The number of ether oxygens (including phenoxy) is 1. The van der Waals surface area contributed by atoms with Gasteiger partial charge >= 0.3 is 5.97 Å². The molecule has 0 aliphatic rings. The zero-order valence-corrected chi connectivity index (χ0v) is 19.4. The molecule has 3 heteroatoms. The third kappa shape index (κ3) is 7.48. The molecule has 1 unspecified atom stereocenters. The first-order valence-electron chi connectivity index (χ1n) is 11.0. The number of phenolic OH excluding ortho intramolecular Hbond substituents is 1. The molecule has 0 fully saturated rings. The van der Waals surface area contributed by atoms with Gasteiger partial charge in [-0.15, -0.1) is 0 Å². The van der Waals surface area contributed by atoms with Crippen molar-refractivity contribution in [1.29, 1.82) is 0 Å². The van der Waals surface area contributed by atoms with Crippen molar-refractivity contribution in [3.63, 3.8) is 0 Å². The summed E-state index contributed by atoms with van der Waals surface area (Å²) in [6.45, 7) is 16.5. The average Bonchev–Trinajstić information content (AvgIpc) is 2.57. The van der Waals surface area contributed by atoms with Gasteiger partial charge in [-0.05, 0) is 29.4 Å². The minimum Gasteiger partial charge on any atom is -0.507 e. The van der Waals surface area contributed by atoms with Gasteiger partial charge in [0.2, 0.25) is 0 Å². The lowest BCUT2D eigenvalue weighted by Gasteiger charge is -2.28. The zero-order valence-electron chi connectivity index (χ0n) is 19.4. The maximum absolute atomic E-state index is 12.6. The smallest absolute Gasteiger partial charge is 0.314 e. The molecule has 0 heterocycles. The van der Waals surface area contributed by atoms with E-state index in [-0.39, 0.29) is 22.7 Å². The normalized spacial score (nSPS) is 13.4. The minimum atomic E-state index is -0.239. The maximum atomic E-state index is 12.6. The fourth-order valence-electron chi connectivity index (χ4n) is 3.38. The number of benzene rings is 1. The van der Waals surface area contributed by atoms with Crippen molar-refractivity contribution in [3.8, 4) is 11.5 Å². The highest BCUT2D eigenvalue weighted by molar-refractivity contribution is 5.75. The van der Waals surface area contributed by atoms with Gasteiger partial charge in [0.05, 0.1) is 5.92 Å². The molecule has 1 aromatic rings. The molecule has 0 saturated heterocycles. The summed E-state index contributed by atoms with van der Waals surface area (Å²) in [5.74, 6) is 0.544. The van der Waals surface area contributed by atoms with Crippen LogP contribution in [-0.4, -0.2) is 11.1 Å². The van der Waals surface area contributed by atoms with Gasteiger partial charge in [0, 0.05) is 11.1 Å². The summed E-state index contributed by atoms with van der Waals surface area (Å²) < 4.78 is 5.75. The van der Waals surface area contributed by atoms with Gasteiger partial charge < -0.3 is 9.84 Å². The Balaban J connectivity index is 2.86. The first-order chi connectivity index (χ1) is 12.9. The number of hydrogen-bond donors (Lipinski definition) is 1. The number of phenols is 1. The van der Waals surface area contributed by atoms with E-state index in [0.717, 1.165) is 24.0 Å². The van der Waals surface area contributed by atoms with Crippen LogP contribution in [0.1, 0.15) is 111 Å². The quantitative estimate of drug-likeness (QED) is 0.274. The van der Waals surface area contributed by atoms with Crippen molar-refractivity contribution in [2.24, 2.45) is 5.92 Å². The molecular formula is C25H42O3. The Morgan fingerprint density at radius 1 is 0.929 bits per heavy atom. The third-order valence-electron chi connectivity index (χ3n) is 5.31. The first-order valence-corrected chi connectivity index (χ1v) is 11.0. The summed E-state index contributed by atoms with van der Waals surface area (Å²) in [6, 6.07) is 3.64. The SMILES string of the molecule is CCCCCCCCC(C)C(=O)Oc1cc(C(C)(C)C)c(O)c(C(C)(C)C)c1. The molecule has 0 aromatic heterocycles. The van der Waals surface area contributed by atoms with Crippen molar-refractivity contribution in [2.45, 2.75) is 111 Å². The van der Waals surface area contributed by atoms with Gasteiger partial charge in [-0.2, -0.15) is 0 Å². The summed E-state index contributed by atoms with van der Waals surface area (Å²) >= 11 is 0. The van der Waals surface area contributed by atoms with E-state index in [4.69, 9.17) is 4.74 Å². The van der Waals surface area contributed by atoms with Crippen LogP contribution >= 0.6 is 0 Å². The fourth-order valence-corrected chi connectivity index (χ4v) is 3.38. The van der Waals surface area contributed by atoms with Crippen molar-refractivity contribution in [3.05, 3.63) is 23.3 Å². The molecule has 1 rings (SSSR count). The van der Waals surface area contributed by atoms with Crippen molar-refractivity contribution < 1.29 is 14.6 Å². The van der Waals surface area contributed by atoms with Gasteiger partial charge in [0.1, 0.15) is 11.5 Å². The van der Waals surface area contributed by atoms with Crippen LogP contribution in [0.2, 0.25) is 0 Å². The Kier molecular flexibility index (Phi) is 9.04. The van der Waals surface area contributed by atoms with E-state index in [9.17, 15) is 9.90 Å². The van der Waals surface area contributed by atoms with Crippen molar-refractivity contribution >= 4 is 5.97 Å². The summed E-state index contributed by atoms with van der Waals surface area (Å²) in [4.78, 5) is 12.6. The Morgan fingerprint density at radius 3 is 1.86 bits per heavy atom. The molecule has 0 amide bonds. The molecule has 0 bridgehead atoms. The summed E-state index contributed by atoms with van der Waals surface area (Å²) in [5.41, 5.74) is 1.14. The molecule has 0 aliphatic heterocycles. The van der Waals surface area contributed by atoms with Crippen LogP contribution in [0.5, 0.6) is 11.5 Å². The van der Waals surface area contributed by atoms with Crippen LogP contribution in [0.3, 0.4) is 0 Å². The Labute approximate surface area is 172 Å². The number of hydrogen-bond acceptors (Lipinski definition) is 3. The molecule has 0 saturated carbocycles. The van der Waals surface area contributed by atoms with Crippen molar-refractivity contribution in [2.75, 3.05) is 0 Å². The Morgan fingerprint density at radius 2 is 1.39 bits per heavy atom. The second-order valence-corrected chi connectivity index (χ2v) is 10.2. The number of rotatable bonds is 9. The molecule has 0 aliphatic carbocycles. The number of carbonyl (C=O) groups excluding carboxylic acids is 1. The van der Waals surface area contributed by atoms with E-state index in [1.165, 1.54) is 32.1 Å². The molecule has 0 radical (unpaired) electrons. The fraction of sp³-hybridized carbons (Fsp3) is 0.720. The van der Waals surface area contributed by atoms with E-state index in [1.807, 2.05) is 19.1 Å². The van der Waals surface area contributed by atoms with E-state index in [0.29, 0.717) is 11.5 Å². The largest absolute Gasteiger partial charge is 0.507 e. The second kappa shape index (κ2) is 10.3. The zero-order chi connectivity index (χ0) is 21.5. The molecule has 3 nitrogen and oxygen atoms in total. The Hall–Kier alpha value is -1.51. The van der Waals surface area contributed by atoms with E-state index >= 15 is 0 Å². The Bertz CT molecular complexity index is 597. The average molecular weight is 391 g/mol. The van der Waals surface area contributed by atoms with Gasteiger partial charge in [-0.3, -0.25) is 4.79 Å². The van der Waals surface area contributed by atoms with E-state index in [2.05, 4.69) is 48.5 Å². The first kappa shape index (κ1) is 24.5. The molecule has 1 atom stereocenters. The lowest BCUT2D eigenvalue weighted by Crippen LogP contribution is -2.20.